The minimum Gasteiger partial charge on any atom is -0.313 e. The van der Waals surface area contributed by atoms with Crippen molar-refractivity contribution in [3.05, 3.63) is 69.4 Å². The fourth-order valence-electron chi connectivity index (χ4n) is 1.43. The smallest absolute Gasteiger partial charge is 0.250 e. The number of pyridine rings is 1. The lowest BCUT2D eigenvalue weighted by Gasteiger charge is -2.06. The fourth-order valence-corrected chi connectivity index (χ4v) is 1.60. The van der Waals surface area contributed by atoms with Crippen molar-refractivity contribution in [2.45, 2.75) is 54.5 Å². The molecule has 0 saturated heterocycles. The van der Waals surface area contributed by atoms with Crippen LogP contribution in [0.25, 0.3) is 0 Å². The van der Waals surface area contributed by atoms with Gasteiger partial charge in [0.25, 0.3) is 5.56 Å². The normalized spacial score (nSPS) is 8.78. The summed E-state index contributed by atoms with van der Waals surface area (Å²) in [5.74, 6) is -0.286. The van der Waals surface area contributed by atoms with Gasteiger partial charge in [-0.15, -0.1) is 0 Å². The average molecular weight is 342 g/mol. The molecule has 0 aliphatic rings. The molecule has 0 unspecified atom stereocenters. The average Bonchev–Trinajstić information content (AvgIpc) is 2.56. The second-order valence-electron chi connectivity index (χ2n) is 4.43. The second-order valence-corrected chi connectivity index (χ2v) is 4.84. The lowest BCUT2D eigenvalue weighted by atomic mass is 10.2. The minimum absolute atomic E-state index is 0.0671. The van der Waals surface area contributed by atoms with Crippen LogP contribution in [0.5, 0.6) is 0 Å². The van der Waals surface area contributed by atoms with Gasteiger partial charge in [0.2, 0.25) is 0 Å². The van der Waals surface area contributed by atoms with E-state index in [0.717, 1.165) is 5.56 Å². The van der Waals surface area contributed by atoms with E-state index < -0.39 is 0 Å². The van der Waals surface area contributed by atoms with Crippen LogP contribution in [-0.4, -0.2) is 4.57 Å². The highest BCUT2D eigenvalue weighted by atomic mass is 35.5. The van der Waals surface area contributed by atoms with Gasteiger partial charge in [-0.25, -0.2) is 4.39 Å². The molecule has 0 atom stereocenters. The second kappa shape index (κ2) is 14.0. The molecule has 0 spiro atoms. The molecule has 0 amide bonds. The molecule has 1 heterocycles. The Hall–Kier alpha value is -1.61. The Balaban J connectivity index is 0. The highest BCUT2D eigenvalue weighted by Crippen LogP contribution is 2.14. The molecule has 0 radical (unpaired) electrons. The summed E-state index contributed by atoms with van der Waals surface area (Å²) in [7, 11) is 0. The van der Waals surface area contributed by atoms with Crippen LogP contribution in [0.15, 0.2) is 47.4 Å². The van der Waals surface area contributed by atoms with Crippen molar-refractivity contribution in [2.75, 3.05) is 0 Å². The largest absolute Gasteiger partial charge is 0.313 e. The molecular formula is C19H29ClFNO. The van der Waals surface area contributed by atoms with Gasteiger partial charge in [-0.05, 0) is 44.5 Å². The molecule has 0 aliphatic carbocycles. The van der Waals surface area contributed by atoms with Crippen LogP contribution in [0, 0.1) is 12.7 Å². The van der Waals surface area contributed by atoms with Crippen molar-refractivity contribution in [1.82, 2.24) is 4.57 Å². The first-order valence-electron chi connectivity index (χ1n) is 8.00. The Morgan fingerprint density at radius 1 is 1.04 bits per heavy atom. The van der Waals surface area contributed by atoms with Gasteiger partial charge in [0.15, 0.2) is 0 Å². The van der Waals surface area contributed by atoms with E-state index in [4.69, 9.17) is 11.6 Å². The van der Waals surface area contributed by atoms with Crippen molar-refractivity contribution in [2.24, 2.45) is 0 Å². The van der Waals surface area contributed by atoms with Gasteiger partial charge in [0, 0.05) is 23.3 Å². The summed E-state index contributed by atoms with van der Waals surface area (Å²) in [6, 6.07) is 9.78. The molecule has 0 N–H and O–H groups in total. The van der Waals surface area contributed by atoms with Crippen LogP contribution in [-0.2, 0) is 0 Å². The van der Waals surface area contributed by atoms with Crippen LogP contribution in [0.3, 0.4) is 0 Å². The Kier molecular flexibility index (Phi) is 14.4. The third-order valence-electron chi connectivity index (χ3n) is 2.54. The van der Waals surface area contributed by atoms with E-state index in [1.807, 2.05) is 54.5 Å². The van der Waals surface area contributed by atoms with Crippen molar-refractivity contribution < 1.29 is 4.39 Å². The standard InChI is InChI=1S/C8H11NO.C7H6ClF.2C2H6/c1-7(2)9-6-4-3-5-8(9)10;1-5-2-3-6(9)4-7(5)8;2*1-2/h3-7H,1-2H3;2-4H,1H3;2*1-2H3. The van der Waals surface area contributed by atoms with Crippen molar-refractivity contribution in [3.63, 3.8) is 0 Å². The fraction of sp³-hybridized carbons (Fsp3) is 0.421. The van der Waals surface area contributed by atoms with Crippen LogP contribution >= 0.6 is 11.6 Å². The number of nitrogens with zero attached hydrogens (tertiary/aromatic N) is 1. The number of halogens is 2. The summed E-state index contributed by atoms with van der Waals surface area (Å²) < 4.78 is 14.0. The maximum absolute atomic E-state index is 12.3. The third kappa shape index (κ3) is 9.90. The summed E-state index contributed by atoms with van der Waals surface area (Å²) in [6.07, 6.45) is 1.80. The highest BCUT2D eigenvalue weighted by Gasteiger charge is 1.95. The third-order valence-corrected chi connectivity index (χ3v) is 2.95. The van der Waals surface area contributed by atoms with Crippen LogP contribution in [0.2, 0.25) is 5.02 Å². The van der Waals surface area contributed by atoms with Gasteiger partial charge in [0.1, 0.15) is 5.82 Å². The predicted octanol–water partition coefficient (Wildman–Crippen LogP) is 6.27. The molecule has 0 saturated carbocycles. The van der Waals surface area contributed by atoms with Crippen LogP contribution in [0.1, 0.15) is 53.1 Å². The van der Waals surface area contributed by atoms with E-state index in [0.29, 0.717) is 5.02 Å². The number of aromatic nitrogens is 1. The molecule has 2 rings (SSSR count). The maximum Gasteiger partial charge on any atom is 0.250 e. The van der Waals surface area contributed by atoms with E-state index in [-0.39, 0.29) is 17.4 Å². The first-order chi connectivity index (χ1) is 10.9. The quantitative estimate of drug-likeness (QED) is 0.599. The first-order valence-corrected chi connectivity index (χ1v) is 8.38. The summed E-state index contributed by atoms with van der Waals surface area (Å²) in [6.45, 7) is 13.8. The Morgan fingerprint density at radius 3 is 1.96 bits per heavy atom. The van der Waals surface area contributed by atoms with Gasteiger partial charge < -0.3 is 4.57 Å². The summed E-state index contributed by atoms with van der Waals surface area (Å²) in [5, 5.41) is 0.481. The molecule has 1 aromatic heterocycles. The summed E-state index contributed by atoms with van der Waals surface area (Å²) in [5.41, 5.74) is 0.968. The molecule has 0 fully saturated rings. The van der Waals surface area contributed by atoms with E-state index in [9.17, 15) is 9.18 Å². The van der Waals surface area contributed by atoms with Gasteiger partial charge in [-0.3, -0.25) is 4.79 Å². The molecule has 2 aromatic rings. The SMILES string of the molecule is CC.CC.CC(C)n1ccccc1=O.Cc1ccc(F)cc1Cl. The van der Waals surface area contributed by atoms with Gasteiger partial charge in [0.05, 0.1) is 0 Å². The summed E-state index contributed by atoms with van der Waals surface area (Å²) in [4.78, 5) is 11.0. The number of benzene rings is 1. The lowest BCUT2D eigenvalue weighted by molar-refractivity contribution is 0.578. The minimum atomic E-state index is -0.286. The predicted molar refractivity (Wildman–Crippen MR) is 99.9 cm³/mol. The molecule has 23 heavy (non-hydrogen) atoms. The van der Waals surface area contributed by atoms with E-state index >= 15 is 0 Å². The highest BCUT2D eigenvalue weighted by molar-refractivity contribution is 6.31. The molecule has 130 valence electrons. The zero-order valence-electron chi connectivity index (χ0n) is 15.2. The van der Waals surface area contributed by atoms with E-state index in [2.05, 4.69) is 0 Å². The summed E-state index contributed by atoms with van der Waals surface area (Å²) >= 11 is 5.57. The van der Waals surface area contributed by atoms with Gasteiger partial charge >= 0.3 is 0 Å². The van der Waals surface area contributed by atoms with Crippen LogP contribution < -0.4 is 5.56 Å². The zero-order valence-corrected chi connectivity index (χ0v) is 16.0. The molecule has 0 aliphatic heterocycles. The topological polar surface area (TPSA) is 22.0 Å². The van der Waals surface area contributed by atoms with Gasteiger partial charge in [-0.1, -0.05) is 51.4 Å². The van der Waals surface area contributed by atoms with E-state index in [1.54, 1.807) is 29.0 Å². The number of rotatable bonds is 1. The Labute approximate surface area is 144 Å². The first kappa shape index (κ1) is 23.7. The van der Waals surface area contributed by atoms with E-state index in [1.165, 1.54) is 12.1 Å². The lowest BCUT2D eigenvalue weighted by Crippen LogP contribution is -2.19. The van der Waals surface area contributed by atoms with Crippen molar-refractivity contribution in [1.29, 1.82) is 0 Å². The monoisotopic (exact) mass is 341 g/mol. The Morgan fingerprint density at radius 2 is 1.61 bits per heavy atom. The molecular weight excluding hydrogens is 313 g/mol. The zero-order chi connectivity index (χ0) is 18.4. The molecule has 2 nitrogen and oxygen atoms in total. The number of hydrogen-bond acceptors (Lipinski definition) is 1. The van der Waals surface area contributed by atoms with Crippen LogP contribution in [0.4, 0.5) is 4.39 Å². The van der Waals surface area contributed by atoms with Crippen molar-refractivity contribution >= 4 is 11.6 Å². The Bertz CT molecular complexity index is 594. The van der Waals surface area contributed by atoms with Gasteiger partial charge in [-0.2, -0.15) is 0 Å². The number of hydrogen-bond donors (Lipinski definition) is 0. The molecule has 4 heteroatoms. The molecule has 0 bridgehead atoms. The molecule has 1 aromatic carbocycles. The van der Waals surface area contributed by atoms with Crippen molar-refractivity contribution in [3.8, 4) is 0 Å². The maximum atomic E-state index is 12.3. The number of aryl methyl sites for hydroxylation is 1.